The number of aliphatic hydroxyl groups excluding tert-OH is 1. The van der Waals surface area contributed by atoms with Gasteiger partial charge in [-0.3, -0.25) is 9.59 Å². The molecule has 0 heterocycles. The van der Waals surface area contributed by atoms with E-state index in [1.807, 2.05) is 6.92 Å². The predicted molar refractivity (Wildman–Crippen MR) is 97.0 cm³/mol. The first-order chi connectivity index (χ1) is 10.2. The smallest absolute Gasteiger partial charge is 0.192 e. The van der Waals surface area contributed by atoms with E-state index in [1.54, 1.807) is 0 Å². The molecule has 0 aromatic heterocycles. The van der Waals surface area contributed by atoms with Gasteiger partial charge < -0.3 is 9.53 Å². The van der Waals surface area contributed by atoms with Crippen LogP contribution in [0.3, 0.4) is 0 Å². The number of carbonyl (C=O) groups is 2. The molecule has 136 valence electrons. The maximum Gasteiger partial charge on any atom is 0.192 e. The van der Waals surface area contributed by atoms with Gasteiger partial charge >= 0.3 is 0 Å². The first-order valence-electron chi connectivity index (χ1n) is 8.56. The summed E-state index contributed by atoms with van der Waals surface area (Å²) in [5.74, 6) is -0.267. The van der Waals surface area contributed by atoms with Crippen molar-refractivity contribution in [1.29, 1.82) is 0 Å². The summed E-state index contributed by atoms with van der Waals surface area (Å²) in [5, 5.41) is 10.5. The number of ketones is 2. The molecule has 0 fully saturated rings. The molecule has 0 aliphatic heterocycles. The van der Waals surface area contributed by atoms with Crippen LogP contribution in [0.4, 0.5) is 0 Å². The molecule has 1 N–H and O–H groups in total. The third kappa shape index (κ3) is 7.27. The van der Waals surface area contributed by atoms with Gasteiger partial charge in [0.15, 0.2) is 8.32 Å². The van der Waals surface area contributed by atoms with Crippen LogP contribution in [0.1, 0.15) is 61.3 Å². The van der Waals surface area contributed by atoms with Crippen molar-refractivity contribution >= 4 is 19.9 Å². The minimum absolute atomic E-state index is 0.0187. The zero-order chi connectivity index (χ0) is 18.6. The van der Waals surface area contributed by atoms with Crippen molar-refractivity contribution in [1.82, 2.24) is 0 Å². The minimum atomic E-state index is -1.96. The molecule has 3 atom stereocenters. The second kappa shape index (κ2) is 8.54. The molecule has 0 amide bonds. The summed E-state index contributed by atoms with van der Waals surface area (Å²) < 4.78 is 6.51. The second-order valence-electron chi connectivity index (χ2n) is 8.63. The van der Waals surface area contributed by atoms with Crippen LogP contribution in [0.2, 0.25) is 18.1 Å². The summed E-state index contributed by atoms with van der Waals surface area (Å²) in [7, 11) is -1.96. The van der Waals surface area contributed by atoms with Gasteiger partial charge in [-0.1, -0.05) is 41.5 Å². The first kappa shape index (κ1) is 22.5. The Morgan fingerprint density at radius 3 is 1.96 bits per heavy atom. The van der Waals surface area contributed by atoms with E-state index >= 15 is 0 Å². The Bertz CT molecular complexity index is 410. The standard InChI is InChI=1S/C18H36O4Si/c1-12(2)17(22-23(8,9)18(5,6)7)14(4)16(21)11-15(20)10-13(3)19/h12,14,16-17,21H,10-11H2,1-9H3/t14-,16-,17-/m1/s1. The fraction of sp³-hybridized carbons (Fsp3) is 0.889. The van der Waals surface area contributed by atoms with Crippen LogP contribution >= 0.6 is 0 Å². The molecule has 0 unspecified atom stereocenters. The molecule has 0 aromatic rings. The lowest BCUT2D eigenvalue weighted by molar-refractivity contribution is -0.127. The van der Waals surface area contributed by atoms with Gasteiger partial charge in [0.05, 0.1) is 18.6 Å². The average Bonchev–Trinajstić information content (AvgIpc) is 2.32. The zero-order valence-electron chi connectivity index (χ0n) is 16.4. The number of rotatable bonds is 9. The normalized spacial score (nSPS) is 17.0. The van der Waals surface area contributed by atoms with Crippen molar-refractivity contribution in [2.24, 2.45) is 11.8 Å². The molecule has 0 saturated carbocycles. The van der Waals surface area contributed by atoms with Gasteiger partial charge in [-0.2, -0.15) is 0 Å². The van der Waals surface area contributed by atoms with E-state index in [4.69, 9.17) is 4.43 Å². The molecule has 0 rings (SSSR count). The summed E-state index contributed by atoms with van der Waals surface area (Å²) in [5.41, 5.74) is 0. The van der Waals surface area contributed by atoms with Gasteiger partial charge in [0, 0.05) is 12.3 Å². The van der Waals surface area contributed by atoms with Crippen LogP contribution in [-0.4, -0.2) is 37.2 Å². The van der Waals surface area contributed by atoms with Crippen molar-refractivity contribution in [3.8, 4) is 0 Å². The SMILES string of the molecule is CC(=O)CC(=O)C[C@@H](O)[C@@H](C)[C@H](O[Si](C)(C)C(C)(C)C)C(C)C. The Labute approximate surface area is 143 Å². The monoisotopic (exact) mass is 344 g/mol. The van der Waals surface area contributed by atoms with Crippen molar-refractivity contribution in [2.75, 3.05) is 0 Å². The van der Waals surface area contributed by atoms with Gasteiger partial charge in [-0.25, -0.2) is 0 Å². The second-order valence-corrected chi connectivity index (χ2v) is 13.4. The average molecular weight is 345 g/mol. The fourth-order valence-electron chi connectivity index (χ4n) is 2.36. The third-order valence-electron chi connectivity index (χ3n) is 4.90. The number of hydrogen-bond donors (Lipinski definition) is 1. The van der Waals surface area contributed by atoms with Crippen molar-refractivity contribution < 1.29 is 19.1 Å². The van der Waals surface area contributed by atoms with Gasteiger partial charge in [0.1, 0.15) is 11.6 Å². The molecule has 0 saturated heterocycles. The van der Waals surface area contributed by atoms with E-state index in [-0.39, 0.29) is 47.4 Å². The van der Waals surface area contributed by atoms with Gasteiger partial charge in [-0.05, 0) is 31.0 Å². The largest absolute Gasteiger partial charge is 0.413 e. The first-order valence-corrected chi connectivity index (χ1v) is 11.5. The fourth-order valence-corrected chi connectivity index (χ4v) is 3.88. The molecular weight excluding hydrogens is 308 g/mol. The lowest BCUT2D eigenvalue weighted by Crippen LogP contribution is -2.49. The summed E-state index contributed by atoms with van der Waals surface area (Å²) in [6.45, 7) is 18.5. The van der Waals surface area contributed by atoms with E-state index in [0.29, 0.717) is 0 Å². The Morgan fingerprint density at radius 1 is 1.13 bits per heavy atom. The van der Waals surface area contributed by atoms with E-state index in [0.717, 1.165) is 0 Å². The predicted octanol–water partition coefficient (Wildman–Crippen LogP) is 3.97. The highest BCUT2D eigenvalue weighted by molar-refractivity contribution is 6.74. The van der Waals surface area contributed by atoms with Crippen LogP contribution in [0.15, 0.2) is 0 Å². The van der Waals surface area contributed by atoms with E-state index < -0.39 is 14.4 Å². The lowest BCUT2D eigenvalue weighted by Gasteiger charge is -2.43. The zero-order valence-corrected chi connectivity index (χ0v) is 17.4. The van der Waals surface area contributed by atoms with Crippen molar-refractivity contribution in [2.45, 2.75) is 91.6 Å². The number of aliphatic hydroxyl groups is 1. The Kier molecular flexibility index (Phi) is 8.34. The van der Waals surface area contributed by atoms with Crippen molar-refractivity contribution in [3.05, 3.63) is 0 Å². The molecule has 4 nitrogen and oxygen atoms in total. The summed E-state index contributed by atoms with van der Waals surface area (Å²) >= 11 is 0. The highest BCUT2D eigenvalue weighted by atomic mass is 28.4. The van der Waals surface area contributed by atoms with Gasteiger partial charge in [0.25, 0.3) is 0 Å². The Hall–Kier alpha value is -0.523. The summed E-state index contributed by atoms with van der Waals surface area (Å²) in [4.78, 5) is 22.8. The summed E-state index contributed by atoms with van der Waals surface area (Å²) in [6.07, 6.45) is -0.959. The van der Waals surface area contributed by atoms with Crippen LogP contribution < -0.4 is 0 Å². The molecule has 0 bridgehead atoms. The minimum Gasteiger partial charge on any atom is -0.413 e. The molecule has 0 aliphatic rings. The maximum atomic E-state index is 11.8. The van der Waals surface area contributed by atoms with E-state index in [9.17, 15) is 14.7 Å². The lowest BCUT2D eigenvalue weighted by atomic mass is 9.88. The van der Waals surface area contributed by atoms with Crippen molar-refractivity contribution in [3.63, 3.8) is 0 Å². The highest BCUT2D eigenvalue weighted by Crippen LogP contribution is 2.39. The van der Waals surface area contributed by atoms with E-state index in [1.165, 1.54) is 6.92 Å². The highest BCUT2D eigenvalue weighted by Gasteiger charge is 2.42. The Morgan fingerprint density at radius 2 is 1.61 bits per heavy atom. The molecule has 23 heavy (non-hydrogen) atoms. The quantitative estimate of drug-likeness (QED) is 0.508. The number of carbonyl (C=O) groups excluding carboxylic acids is 2. The molecular formula is C18H36O4Si. The number of Topliss-reactive ketones (excluding diaryl/α,β-unsaturated/α-hetero) is 2. The molecule has 0 spiro atoms. The van der Waals surface area contributed by atoms with Crippen LogP contribution in [0, 0.1) is 11.8 Å². The van der Waals surface area contributed by atoms with Gasteiger partial charge in [0.2, 0.25) is 0 Å². The van der Waals surface area contributed by atoms with E-state index in [2.05, 4.69) is 47.7 Å². The Balaban J connectivity index is 5.02. The van der Waals surface area contributed by atoms with Crippen LogP contribution in [0.5, 0.6) is 0 Å². The molecule has 5 heteroatoms. The van der Waals surface area contributed by atoms with Crippen LogP contribution in [-0.2, 0) is 14.0 Å². The molecule has 0 aromatic carbocycles. The topological polar surface area (TPSA) is 63.6 Å². The van der Waals surface area contributed by atoms with Gasteiger partial charge in [-0.15, -0.1) is 0 Å². The number of hydrogen-bond acceptors (Lipinski definition) is 4. The van der Waals surface area contributed by atoms with Crippen LogP contribution in [0.25, 0.3) is 0 Å². The third-order valence-corrected chi connectivity index (χ3v) is 9.38. The maximum absolute atomic E-state index is 11.8. The molecule has 0 aliphatic carbocycles. The molecule has 0 radical (unpaired) electrons. The summed E-state index contributed by atoms with van der Waals surface area (Å²) in [6, 6.07) is 0.